The van der Waals surface area contributed by atoms with Gasteiger partial charge in [-0.3, -0.25) is 0 Å². The summed E-state index contributed by atoms with van der Waals surface area (Å²) in [6, 6.07) is 13.2. The first-order valence-electron chi connectivity index (χ1n) is 6.73. The van der Waals surface area contributed by atoms with Gasteiger partial charge in [-0.2, -0.15) is 0 Å². The Bertz CT molecular complexity index is 661. The summed E-state index contributed by atoms with van der Waals surface area (Å²) in [5.74, 6) is -0.0362. The first kappa shape index (κ1) is 12.7. The Morgan fingerprint density at radius 2 is 2.05 bits per heavy atom. The Balaban J connectivity index is 1.95. The minimum Gasteiger partial charge on any atom is -0.485 e. The first-order valence-corrected chi connectivity index (χ1v) is 6.73. The van der Waals surface area contributed by atoms with E-state index in [-0.39, 0.29) is 6.10 Å². The Morgan fingerprint density at radius 1 is 1.25 bits per heavy atom. The second kappa shape index (κ2) is 5.00. The van der Waals surface area contributed by atoms with Crippen LogP contribution in [0.4, 0.5) is 0 Å². The van der Waals surface area contributed by atoms with Crippen LogP contribution in [-0.4, -0.2) is 11.1 Å². The van der Waals surface area contributed by atoms with Crippen LogP contribution in [0.15, 0.2) is 42.5 Å². The predicted molar refractivity (Wildman–Crippen MR) is 76.3 cm³/mol. The van der Waals surface area contributed by atoms with Crippen LogP contribution in [0.3, 0.4) is 0 Å². The highest BCUT2D eigenvalue weighted by atomic mass is 16.5. The summed E-state index contributed by atoms with van der Waals surface area (Å²) in [6.07, 6.45) is 1.54. The molecule has 1 aliphatic heterocycles. The third kappa shape index (κ3) is 2.27. The van der Waals surface area contributed by atoms with E-state index in [1.165, 1.54) is 11.1 Å². The summed E-state index contributed by atoms with van der Waals surface area (Å²) in [7, 11) is 0. The van der Waals surface area contributed by atoms with Crippen molar-refractivity contribution in [1.82, 2.24) is 0 Å². The highest BCUT2D eigenvalue weighted by Gasteiger charge is 2.24. The predicted octanol–water partition coefficient (Wildman–Crippen LogP) is 3.76. The molecule has 0 saturated carbocycles. The van der Waals surface area contributed by atoms with Crippen molar-refractivity contribution in [3.8, 4) is 5.75 Å². The van der Waals surface area contributed by atoms with Gasteiger partial charge in [0.1, 0.15) is 11.9 Å². The number of benzene rings is 2. The van der Waals surface area contributed by atoms with Crippen molar-refractivity contribution in [2.75, 3.05) is 0 Å². The molecule has 0 amide bonds. The molecule has 3 rings (SSSR count). The molecule has 3 heteroatoms. The number of hydrogen-bond donors (Lipinski definition) is 1. The molecule has 0 spiro atoms. The van der Waals surface area contributed by atoms with Crippen LogP contribution in [0.1, 0.15) is 39.6 Å². The molecule has 1 heterocycles. The molecule has 1 aliphatic rings. The molecule has 102 valence electrons. The third-order valence-electron chi connectivity index (χ3n) is 3.70. The van der Waals surface area contributed by atoms with Crippen LogP contribution < -0.4 is 4.74 Å². The van der Waals surface area contributed by atoms with E-state index in [0.29, 0.717) is 5.56 Å². The van der Waals surface area contributed by atoms with E-state index in [0.717, 1.165) is 24.2 Å². The molecular weight excluding hydrogens is 252 g/mol. The van der Waals surface area contributed by atoms with Crippen molar-refractivity contribution >= 4 is 5.97 Å². The Morgan fingerprint density at radius 3 is 2.85 bits per heavy atom. The number of carbonyl (C=O) groups is 1. The van der Waals surface area contributed by atoms with Crippen LogP contribution in [0.2, 0.25) is 0 Å². The van der Waals surface area contributed by atoms with Gasteiger partial charge in [-0.15, -0.1) is 0 Å². The van der Waals surface area contributed by atoms with E-state index in [9.17, 15) is 9.90 Å². The van der Waals surface area contributed by atoms with Crippen LogP contribution in [0.5, 0.6) is 5.75 Å². The smallest absolute Gasteiger partial charge is 0.336 e. The zero-order valence-electron chi connectivity index (χ0n) is 11.3. The highest BCUT2D eigenvalue weighted by Crippen LogP contribution is 2.36. The summed E-state index contributed by atoms with van der Waals surface area (Å²) in [4.78, 5) is 11.3. The topological polar surface area (TPSA) is 46.5 Å². The minimum atomic E-state index is -0.904. The van der Waals surface area contributed by atoms with Crippen molar-refractivity contribution in [3.63, 3.8) is 0 Å². The molecule has 20 heavy (non-hydrogen) atoms. The molecule has 0 radical (unpaired) electrons. The van der Waals surface area contributed by atoms with Crippen LogP contribution in [-0.2, 0) is 6.42 Å². The largest absolute Gasteiger partial charge is 0.485 e. The molecule has 2 aromatic carbocycles. The van der Waals surface area contributed by atoms with Crippen LogP contribution in [0.25, 0.3) is 0 Å². The van der Waals surface area contributed by atoms with Gasteiger partial charge in [0.25, 0.3) is 0 Å². The Kier molecular flexibility index (Phi) is 3.18. The van der Waals surface area contributed by atoms with Gasteiger partial charge >= 0.3 is 5.97 Å². The molecular formula is C17H16O3. The lowest BCUT2D eigenvalue weighted by Gasteiger charge is -2.27. The number of ether oxygens (including phenoxy) is 1. The van der Waals surface area contributed by atoms with Gasteiger partial charge in [0.15, 0.2) is 0 Å². The zero-order valence-corrected chi connectivity index (χ0v) is 11.3. The molecule has 0 bridgehead atoms. The normalized spacial score (nSPS) is 17.1. The second-order valence-electron chi connectivity index (χ2n) is 5.15. The molecule has 0 saturated heterocycles. The van der Waals surface area contributed by atoms with Gasteiger partial charge in [0.2, 0.25) is 0 Å². The van der Waals surface area contributed by atoms with Crippen molar-refractivity contribution < 1.29 is 14.6 Å². The molecule has 0 aromatic heterocycles. The van der Waals surface area contributed by atoms with Gasteiger partial charge < -0.3 is 9.84 Å². The van der Waals surface area contributed by atoms with Gasteiger partial charge in [0.05, 0.1) is 5.56 Å². The van der Waals surface area contributed by atoms with Crippen molar-refractivity contribution in [1.29, 1.82) is 0 Å². The van der Waals surface area contributed by atoms with Gasteiger partial charge in [-0.05, 0) is 37.5 Å². The van der Waals surface area contributed by atoms with Crippen LogP contribution >= 0.6 is 0 Å². The number of rotatable bonds is 2. The number of fused-ring (bicyclic) bond motifs is 1. The second-order valence-corrected chi connectivity index (χ2v) is 5.15. The lowest BCUT2D eigenvalue weighted by molar-refractivity contribution is 0.0689. The number of aromatic carboxylic acids is 1. The first-order chi connectivity index (χ1) is 9.65. The standard InChI is InChI=1S/C17H16O3/c1-11-6-8-15-12(10-11)7-9-16(20-15)13-4-2-3-5-14(13)17(18)19/h2-6,8,10,16H,7,9H2,1H3,(H,18,19). The lowest BCUT2D eigenvalue weighted by Crippen LogP contribution is -2.18. The maximum atomic E-state index is 11.3. The molecule has 1 N–H and O–H groups in total. The van der Waals surface area contributed by atoms with Crippen molar-refractivity contribution in [2.24, 2.45) is 0 Å². The SMILES string of the molecule is Cc1ccc2c(c1)CCC(c1ccccc1C(=O)O)O2. The minimum absolute atomic E-state index is 0.183. The number of carboxylic acids is 1. The maximum absolute atomic E-state index is 11.3. The summed E-state index contributed by atoms with van der Waals surface area (Å²) < 4.78 is 6.00. The average molecular weight is 268 g/mol. The third-order valence-corrected chi connectivity index (χ3v) is 3.70. The van der Waals surface area contributed by atoms with Crippen LogP contribution in [0, 0.1) is 6.92 Å². The van der Waals surface area contributed by atoms with Gasteiger partial charge in [-0.1, -0.05) is 35.9 Å². The Hall–Kier alpha value is -2.29. The van der Waals surface area contributed by atoms with E-state index >= 15 is 0 Å². The molecule has 1 unspecified atom stereocenters. The van der Waals surface area contributed by atoms with Crippen molar-refractivity contribution in [2.45, 2.75) is 25.9 Å². The van der Waals surface area contributed by atoms with Gasteiger partial charge in [-0.25, -0.2) is 4.79 Å². The van der Waals surface area contributed by atoms with E-state index in [2.05, 4.69) is 13.0 Å². The fraction of sp³-hybridized carbons (Fsp3) is 0.235. The van der Waals surface area contributed by atoms with Gasteiger partial charge in [0, 0.05) is 5.56 Å². The number of carboxylic acid groups (broad SMARTS) is 1. The highest BCUT2D eigenvalue weighted by molar-refractivity contribution is 5.89. The monoisotopic (exact) mass is 268 g/mol. The van der Waals surface area contributed by atoms with E-state index in [1.54, 1.807) is 12.1 Å². The summed E-state index contributed by atoms with van der Waals surface area (Å²) in [6.45, 7) is 2.06. The fourth-order valence-corrected chi connectivity index (χ4v) is 2.71. The maximum Gasteiger partial charge on any atom is 0.336 e. The van der Waals surface area contributed by atoms with E-state index in [1.807, 2.05) is 24.3 Å². The average Bonchev–Trinajstić information content (AvgIpc) is 2.46. The molecule has 1 atom stereocenters. The summed E-state index contributed by atoms with van der Waals surface area (Å²) in [5, 5.41) is 9.27. The molecule has 2 aromatic rings. The summed E-state index contributed by atoms with van der Waals surface area (Å²) in [5.41, 5.74) is 3.50. The molecule has 0 fully saturated rings. The molecule has 3 nitrogen and oxygen atoms in total. The number of hydrogen-bond acceptors (Lipinski definition) is 2. The van der Waals surface area contributed by atoms with E-state index < -0.39 is 5.97 Å². The number of aryl methyl sites for hydroxylation is 2. The Labute approximate surface area is 117 Å². The van der Waals surface area contributed by atoms with Crippen molar-refractivity contribution in [3.05, 3.63) is 64.7 Å². The molecule has 0 aliphatic carbocycles. The fourth-order valence-electron chi connectivity index (χ4n) is 2.71. The quantitative estimate of drug-likeness (QED) is 0.902. The summed E-state index contributed by atoms with van der Waals surface area (Å²) >= 11 is 0. The zero-order chi connectivity index (χ0) is 14.1. The lowest BCUT2D eigenvalue weighted by atomic mass is 9.94. The van der Waals surface area contributed by atoms with E-state index in [4.69, 9.17) is 4.74 Å².